The molecule has 0 aliphatic heterocycles. The van der Waals surface area contributed by atoms with Crippen molar-refractivity contribution in [2.45, 2.75) is 12.3 Å². The Morgan fingerprint density at radius 2 is 1.53 bits per heavy atom. The number of rotatable bonds is 1. The minimum Gasteiger partial charge on any atom is -0.143 e. The van der Waals surface area contributed by atoms with Gasteiger partial charge in [-0.05, 0) is 40.6 Å². The standard InChI is InChI=1S/C18H14S/c1-18(13-7-3-2-4-8-13)15-10-6-5-9-14(15)17-16(18)11-12-19-17/h2-12H,1H3. The maximum atomic E-state index is 2.35. The van der Waals surface area contributed by atoms with Crippen LogP contribution in [0.1, 0.15) is 23.6 Å². The summed E-state index contributed by atoms with van der Waals surface area (Å²) in [5.41, 5.74) is 5.65. The highest BCUT2D eigenvalue weighted by Gasteiger charge is 2.41. The van der Waals surface area contributed by atoms with E-state index in [1.54, 1.807) is 0 Å². The Balaban J connectivity index is 2.09. The molecule has 0 nitrogen and oxygen atoms in total. The monoisotopic (exact) mass is 262 g/mol. The molecular weight excluding hydrogens is 248 g/mol. The van der Waals surface area contributed by atoms with Gasteiger partial charge in [0.05, 0.1) is 0 Å². The van der Waals surface area contributed by atoms with Gasteiger partial charge in [-0.1, -0.05) is 54.6 Å². The molecule has 1 heteroatoms. The van der Waals surface area contributed by atoms with E-state index in [1.165, 1.54) is 27.1 Å². The average molecular weight is 262 g/mol. The average Bonchev–Trinajstić information content (AvgIpc) is 3.04. The van der Waals surface area contributed by atoms with Crippen molar-refractivity contribution in [1.29, 1.82) is 0 Å². The Morgan fingerprint density at radius 1 is 0.789 bits per heavy atom. The van der Waals surface area contributed by atoms with Crippen molar-refractivity contribution in [3.05, 3.63) is 82.7 Å². The van der Waals surface area contributed by atoms with Crippen LogP contribution in [0.4, 0.5) is 0 Å². The van der Waals surface area contributed by atoms with E-state index in [0.717, 1.165) is 0 Å². The maximum Gasteiger partial charge on any atom is 0.0444 e. The van der Waals surface area contributed by atoms with E-state index in [2.05, 4.69) is 73.0 Å². The lowest BCUT2D eigenvalue weighted by Gasteiger charge is -2.27. The second-order valence-electron chi connectivity index (χ2n) is 5.20. The van der Waals surface area contributed by atoms with Crippen LogP contribution in [-0.2, 0) is 5.41 Å². The van der Waals surface area contributed by atoms with E-state index in [-0.39, 0.29) is 5.41 Å². The summed E-state index contributed by atoms with van der Waals surface area (Å²) >= 11 is 1.85. The maximum absolute atomic E-state index is 2.35. The Hall–Kier alpha value is -1.86. The Labute approximate surface area is 117 Å². The minimum atomic E-state index is -0.00676. The molecule has 0 fully saturated rings. The van der Waals surface area contributed by atoms with Crippen LogP contribution in [0, 0.1) is 0 Å². The highest BCUT2D eigenvalue weighted by molar-refractivity contribution is 7.14. The largest absolute Gasteiger partial charge is 0.143 e. The minimum absolute atomic E-state index is 0.00676. The fraction of sp³-hybridized carbons (Fsp3) is 0.111. The molecule has 2 aromatic carbocycles. The lowest BCUT2D eigenvalue weighted by atomic mass is 9.75. The second kappa shape index (κ2) is 3.82. The SMILES string of the molecule is CC1(c2ccccc2)c2ccccc2-c2sccc21. The highest BCUT2D eigenvalue weighted by atomic mass is 32.1. The predicted molar refractivity (Wildman–Crippen MR) is 81.8 cm³/mol. The van der Waals surface area contributed by atoms with Gasteiger partial charge in [-0.25, -0.2) is 0 Å². The zero-order chi connectivity index (χ0) is 12.9. The summed E-state index contributed by atoms with van der Waals surface area (Å²) < 4.78 is 0. The molecule has 3 aromatic rings. The normalized spacial score (nSPS) is 20.1. The molecule has 1 aromatic heterocycles. The van der Waals surface area contributed by atoms with Crippen LogP contribution in [0.25, 0.3) is 10.4 Å². The molecule has 0 saturated carbocycles. The number of hydrogen-bond acceptors (Lipinski definition) is 1. The van der Waals surface area contributed by atoms with Crippen molar-refractivity contribution in [2.24, 2.45) is 0 Å². The molecule has 0 saturated heterocycles. The molecule has 0 N–H and O–H groups in total. The van der Waals surface area contributed by atoms with Crippen molar-refractivity contribution in [3.8, 4) is 10.4 Å². The fourth-order valence-electron chi connectivity index (χ4n) is 3.26. The summed E-state index contributed by atoms with van der Waals surface area (Å²) in [6, 6.07) is 21.9. The molecule has 0 radical (unpaired) electrons. The van der Waals surface area contributed by atoms with Gasteiger partial charge in [0.2, 0.25) is 0 Å². The molecule has 19 heavy (non-hydrogen) atoms. The summed E-state index contributed by atoms with van der Waals surface area (Å²) in [6.07, 6.45) is 0. The van der Waals surface area contributed by atoms with Gasteiger partial charge in [0.15, 0.2) is 0 Å². The van der Waals surface area contributed by atoms with Gasteiger partial charge in [-0.15, -0.1) is 11.3 Å². The van der Waals surface area contributed by atoms with Crippen LogP contribution < -0.4 is 0 Å². The zero-order valence-corrected chi connectivity index (χ0v) is 11.6. The van der Waals surface area contributed by atoms with Crippen LogP contribution >= 0.6 is 11.3 Å². The van der Waals surface area contributed by atoms with Gasteiger partial charge in [0, 0.05) is 10.3 Å². The summed E-state index contributed by atoms with van der Waals surface area (Å²) in [7, 11) is 0. The summed E-state index contributed by atoms with van der Waals surface area (Å²) in [6.45, 7) is 2.35. The molecule has 0 amide bonds. The van der Waals surface area contributed by atoms with Gasteiger partial charge in [0.1, 0.15) is 0 Å². The Morgan fingerprint density at radius 3 is 2.37 bits per heavy atom. The summed E-state index contributed by atoms with van der Waals surface area (Å²) in [4.78, 5) is 1.43. The Bertz CT molecular complexity index is 739. The van der Waals surface area contributed by atoms with Crippen LogP contribution in [0.5, 0.6) is 0 Å². The second-order valence-corrected chi connectivity index (χ2v) is 6.12. The topological polar surface area (TPSA) is 0 Å². The third kappa shape index (κ3) is 1.34. The smallest absolute Gasteiger partial charge is 0.0444 e. The number of benzene rings is 2. The first-order chi connectivity index (χ1) is 9.32. The van der Waals surface area contributed by atoms with Crippen molar-refractivity contribution < 1.29 is 0 Å². The summed E-state index contributed by atoms with van der Waals surface area (Å²) in [5, 5.41) is 2.21. The first-order valence-corrected chi connectivity index (χ1v) is 7.43. The first-order valence-electron chi connectivity index (χ1n) is 6.55. The van der Waals surface area contributed by atoms with E-state index in [1.807, 2.05) is 11.3 Å². The van der Waals surface area contributed by atoms with Gasteiger partial charge in [-0.3, -0.25) is 0 Å². The van der Waals surface area contributed by atoms with E-state index in [0.29, 0.717) is 0 Å². The van der Waals surface area contributed by atoms with Gasteiger partial charge < -0.3 is 0 Å². The van der Waals surface area contributed by atoms with E-state index >= 15 is 0 Å². The highest BCUT2D eigenvalue weighted by Crippen LogP contribution is 2.54. The molecular formula is C18H14S. The molecule has 0 bridgehead atoms. The predicted octanol–water partition coefficient (Wildman–Crippen LogP) is 5.08. The third-order valence-electron chi connectivity index (χ3n) is 4.27. The van der Waals surface area contributed by atoms with Crippen molar-refractivity contribution >= 4 is 11.3 Å². The van der Waals surface area contributed by atoms with Gasteiger partial charge in [0.25, 0.3) is 0 Å². The van der Waals surface area contributed by atoms with Crippen LogP contribution in [0.15, 0.2) is 66.0 Å². The fourth-order valence-corrected chi connectivity index (χ4v) is 4.30. The molecule has 1 atom stereocenters. The van der Waals surface area contributed by atoms with E-state index in [4.69, 9.17) is 0 Å². The lowest BCUT2D eigenvalue weighted by Crippen LogP contribution is -2.21. The van der Waals surface area contributed by atoms with Gasteiger partial charge >= 0.3 is 0 Å². The van der Waals surface area contributed by atoms with E-state index in [9.17, 15) is 0 Å². The van der Waals surface area contributed by atoms with Crippen LogP contribution in [0.3, 0.4) is 0 Å². The van der Waals surface area contributed by atoms with Crippen molar-refractivity contribution in [3.63, 3.8) is 0 Å². The van der Waals surface area contributed by atoms with Crippen molar-refractivity contribution in [2.75, 3.05) is 0 Å². The van der Waals surface area contributed by atoms with Crippen molar-refractivity contribution in [1.82, 2.24) is 0 Å². The van der Waals surface area contributed by atoms with Crippen LogP contribution in [0.2, 0.25) is 0 Å². The lowest BCUT2D eigenvalue weighted by molar-refractivity contribution is 0.715. The number of hydrogen-bond donors (Lipinski definition) is 0. The molecule has 1 aliphatic rings. The molecule has 1 heterocycles. The number of thiophene rings is 1. The Kier molecular flexibility index (Phi) is 2.21. The first kappa shape index (κ1) is 11.0. The quantitative estimate of drug-likeness (QED) is 0.573. The molecule has 0 spiro atoms. The van der Waals surface area contributed by atoms with E-state index < -0.39 is 0 Å². The third-order valence-corrected chi connectivity index (χ3v) is 5.21. The van der Waals surface area contributed by atoms with Crippen LogP contribution in [-0.4, -0.2) is 0 Å². The zero-order valence-electron chi connectivity index (χ0n) is 10.8. The summed E-state index contributed by atoms with van der Waals surface area (Å²) in [5.74, 6) is 0. The molecule has 4 rings (SSSR count). The van der Waals surface area contributed by atoms with Gasteiger partial charge in [-0.2, -0.15) is 0 Å². The molecule has 1 unspecified atom stereocenters. The number of fused-ring (bicyclic) bond motifs is 3. The molecule has 92 valence electrons. The molecule has 1 aliphatic carbocycles.